The van der Waals surface area contributed by atoms with Gasteiger partial charge in [0.2, 0.25) is 0 Å². The van der Waals surface area contributed by atoms with Crippen molar-refractivity contribution in [3.05, 3.63) is 0 Å². The van der Waals surface area contributed by atoms with Crippen LogP contribution in [0.4, 0.5) is 4.70 Å². The van der Waals surface area contributed by atoms with Gasteiger partial charge in [0.05, 0.1) is 0 Å². The molecule has 0 aromatic rings. The topological polar surface area (TPSA) is 74.6 Å². The van der Waals surface area contributed by atoms with Crippen molar-refractivity contribution in [3.63, 3.8) is 0 Å². The van der Waals surface area contributed by atoms with Crippen molar-refractivity contribution in [2.75, 3.05) is 0 Å². The van der Waals surface area contributed by atoms with Crippen LogP contribution in [0.5, 0.6) is 0 Å². The maximum absolute atomic E-state index is 8.74. The van der Waals surface area contributed by atoms with Crippen LogP contribution in [0.25, 0.3) is 0 Å². The van der Waals surface area contributed by atoms with Gasteiger partial charge >= 0.3 is 29.3 Å². The third-order valence-electron chi connectivity index (χ3n) is 0. The third-order valence-corrected chi connectivity index (χ3v) is 0. The van der Waals surface area contributed by atoms with Gasteiger partial charge in [0.15, 0.2) is 0 Å². The average Bonchev–Trinajstić information content (AvgIpc) is 0.722. The van der Waals surface area contributed by atoms with E-state index in [4.69, 9.17) is 17.5 Å². The third kappa shape index (κ3) is 783. The van der Waals surface area contributed by atoms with Crippen molar-refractivity contribution in [1.29, 1.82) is 0 Å². The molecule has 7 heavy (non-hydrogen) atoms. The summed E-state index contributed by atoms with van der Waals surface area (Å²) in [5.41, 5.74) is 0. The molecule has 0 aromatic carbocycles. The van der Waals surface area contributed by atoms with Gasteiger partial charge in [0.1, 0.15) is 0 Å². The molecule has 0 heterocycles. The molecular formula is H4FLiO4S. The Kier molecular flexibility index (Phi) is 10.2. The molecule has 0 saturated carbocycles. The molecule has 0 radical (unpaired) electrons. The minimum atomic E-state index is -4.67. The van der Waals surface area contributed by atoms with Crippen LogP contribution in [-0.2, 0) is 10.4 Å². The van der Waals surface area contributed by atoms with E-state index in [1.165, 1.54) is 0 Å². The molecule has 0 rings (SSSR count). The standard InChI is InChI=1S/FH.Li.H2O4S.H/c;;1-5(2,3)4;/h1H;;(H2,1,2,3,4);. The second kappa shape index (κ2) is 4.55. The van der Waals surface area contributed by atoms with Crippen LogP contribution in [0.1, 0.15) is 0 Å². The van der Waals surface area contributed by atoms with Gasteiger partial charge in [-0.15, -0.1) is 0 Å². The molecule has 42 valence electrons. The Hall–Kier alpha value is 0.397. The molecule has 0 amide bonds. The van der Waals surface area contributed by atoms with Crippen molar-refractivity contribution >= 4 is 29.3 Å². The van der Waals surface area contributed by atoms with E-state index in [1.807, 2.05) is 0 Å². The van der Waals surface area contributed by atoms with E-state index in [-0.39, 0.29) is 23.6 Å². The van der Waals surface area contributed by atoms with E-state index < -0.39 is 10.4 Å². The van der Waals surface area contributed by atoms with Gasteiger partial charge in [-0.25, -0.2) is 0 Å². The predicted molar refractivity (Wildman–Crippen MR) is 23.8 cm³/mol. The van der Waals surface area contributed by atoms with Crippen LogP contribution in [0.3, 0.4) is 0 Å². The summed E-state index contributed by atoms with van der Waals surface area (Å²) in [6, 6.07) is 0. The molecule has 7 heteroatoms. The molecule has 4 nitrogen and oxygen atoms in total. The summed E-state index contributed by atoms with van der Waals surface area (Å²) in [5, 5.41) is 0. The van der Waals surface area contributed by atoms with Gasteiger partial charge in [-0.1, -0.05) is 0 Å². The zero-order chi connectivity index (χ0) is 4.50. The zero-order valence-electron chi connectivity index (χ0n) is 2.53. The molecule has 0 aromatic heterocycles. The molecule has 0 fully saturated rings. The first-order chi connectivity index (χ1) is 2.00. The molecule has 0 aliphatic heterocycles. The molecule has 2 N–H and O–H groups in total. The van der Waals surface area contributed by atoms with Crippen molar-refractivity contribution in [2.45, 2.75) is 0 Å². The van der Waals surface area contributed by atoms with E-state index in [0.29, 0.717) is 0 Å². The Bertz CT molecular complexity index is 94.9. The van der Waals surface area contributed by atoms with Crippen LogP contribution in [0.15, 0.2) is 0 Å². The van der Waals surface area contributed by atoms with Gasteiger partial charge in [0.25, 0.3) is 0 Å². The fourth-order valence-corrected chi connectivity index (χ4v) is 0. The second-order valence-corrected chi connectivity index (χ2v) is 1.34. The first-order valence-electron chi connectivity index (χ1n) is 0.698. The molecular weight excluding hydrogens is 122 g/mol. The van der Waals surface area contributed by atoms with E-state index in [2.05, 4.69) is 0 Å². The van der Waals surface area contributed by atoms with E-state index in [9.17, 15) is 0 Å². The Morgan fingerprint density at radius 3 is 1.14 bits per heavy atom. The minimum absolute atomic E-state index is 0. The molecule has 0 aliphatic rings. The van der Waals surface area contributed by atoms with Crippen LogP contribution in [0.2, 0.25) is 0 Å². The second-order valence-electron chi connectivity index (χ2n) is 0.448. The van der Waals surface area contributed by atoms with E-state index in [1.54, 1.807) is 0 Å². The fraction of sp³-hybridized carbons (Fsp3) is 0. The van der Waals surface area contributed by atoms with E-state index in [0.717, 1.165) is 0 Å². The monoisotopic (exact) mass is 126 g/mol. The van der Waals surface area contributed by atoms with E-state index >= 15 is 0 Å². The van der Waals surface area contributed by atoms with Gasteiger partial charge in [-0.3, -0.25) is 13.8 Å². The van der Waals surface area contributed by atoms with Crippen LogP contribution in [0, 0.1) is 0 Å². The molecule has 0 aliphatic carbocycles. The van der Waals surface area contributed by atoms with Crippen LogP contribution < -0.4 is 0 Å². The maximum atomic E-state index is 8.74. The zero-order valence-corrected chi connectivity index (χ0v) is 3.34. The molecule has 0 spiro atoms. The molecule has 0 bridgehead atoms. The number of rotatable bonds is 0. The number of hydrogen-bond donors (Lipinski definition) is 2. The molecule has 0 saturated heterocycles. The summed E-state index contributed by atoms with van der Waals surface area (Å²) in [6.07, 6.45) is 0. The van der Waals surface area contributed by atoms with Crippen LogP contribution in [-0.4, -0.2) is 36.4 Å². The SMILES string of the molecule is F.O=S(=O)(O)O.[LiH]. The van der Waals surface area contributed by atoms with Crippen molar-refractivity contribution in [1.82, 2.24) is 0 Å². The first-order valence-corrected chi connectivity index (χ1v) is 2.10. The number of halogens is 1. The quantitative estimate of drug-likeness (QED) is 0.317. The van der Waals surface area contributed by atoms with Crippen molar-refractivity contribution in [3.8, 4) is 0 Å². The van der Waals surface area contributed by atoms with Gasteiger partial charge in [-0.05, 0) is 0 Å². The van der Waals surface area contributed by atoms with Gasteiger partial charge in [-0.2, -0.15) is 8.42 Å². The molecule has 0 atom stereocenters. The Morgan fingerprint density at radius 2 is 1.14 bits per heavy atom. The van der Waals surface area contributed by atoms with Crippen LogP contribution >= 0.6 is 0 Å². The fourth-order valence-electron chi connectivity index (χ4n) is 0. The summed E-state index contributed by atoms with van der Waals surface area (Å²) >= 11 is 0. The van der Waals surface area contributed by atoms with Gasteiger partial charge in [0, 0.05) is 0 Å². The Labute approximate surface area is 52.0 Å². The number of hydrogen-bond acceptors (Lipinski definition) is 2. The summed E-state index contributed by atoms with van der Waals surface area (Å²) in [4.78, 5) is 0. The normalized spacial score (nSPS) is 8.29. The Balaban J connectivity index is -0.0000000800. The van der Waals surface area contributed by atoms with Crippen molar-refractivity contribution in [2.24, 2.45) is 0 Å². The first kappa shape index (κ1) is 15.7. The van der Waals surface area contributed by atoms with Gasteiger partial charge < -0.3 is 0 Å². The summed E-state index contributed by atoms with van der Waals surface area (Å²) < 4.78 is 31.6. The molecule has 0 unspecified atom stereocenters. The summed E-state index contributed by atoms with van der Waals surface area (Å²) in [5.74, 6) is 0. The van der Waals surface area contributed by atoms with Crippen molar-refractivity contribution < 1.29 is 22.2 Å². The Morgan fingerprint density at radius 1 is 1.14 bits per heavy atom. The predicted octanol–water partition coefficient (Wildman–Crippen LogP) is -1.15. The average molecular weight is 126 g/mol. The summed E-state index contributed by atoms with van der Waals surface area (Å²) in [6.45, 7) is 0. The summed E-state index contributed by atoms with van der Waals surface area (Å²) in [7, 11) is -4.67.